The summed E-state index contributed by atoms with van der Waals surface area (Å²) in [5.41, 5.74) is -0.0442. The molecule has 10 heteroatoms. The fraction of sp³-hybridized carbons (Fsp3) is 0.263. The van der Waals surface area contributed by atoms with Crippen molar-refractivity contribution in [1.82, 2.24) is 5.32 Å². The average molecular weight is 410 g/mol. The Balaban J connectivity index is 2.04. The number of esters is 1. The molecule has 1 atom stereocenters. The van der Waals surface area contributed by atoms with Crippen LogP contribution in [0.1, 0.15) is 16.7 Å². The van der Waals surface area contributed by atoms with E-state index in [-0.39, 0.29) is 18.5 Å². The third-order valence-corrected chi connectivity index (χ3v) is 4.05. The summed E-state index contributed by atoms with van der Waals surface area (Å²) in [7, 11) is 1.15. The predicted octanol–water partition coefficient (Wildman–Crippen LogP) is 3.06. The Labute approximate surface area is 163 Å². The number of ether oxygens (including phenoxy) is 1. The first-order valence-corrected chi connectivity index (χ1v) is 8.37. The van der Waals surface area contributed by atoms with E-state index in [1.807, 2.05) is 0 Å². The number of nitrogens with one attached hydrogen (secondary N) is 1. The zero-order valence-corrected chi connectivity index (χ0v) is 15.2. The fourth-order valence-corrected chi connectivity index (χ4v) is 2.57. The maximum atomic E-state index is 12.6. The molecule has 0 bridgehead atoms. The van der Waals surface area contributed by atoms with Crippen LogP contribution in [0.25, 0.3) is 0 Å². The zero-order valence-electron chi connectivity index (χ0n) is 15.2. The maximum Gasteiger partial charge on any atom is 0.416 e. The van der Waals surface area contributed by atoms with Gasteiger partial charge in [-0.05, 0) is 23.3 Å². The number of carbonyl (C=O) groups excluding carboxylic acids is 2. The molecule has 0 aliphatic rings. The number of rotatable bonds is 7. The van der Waals surface area contributed by atoms with E-state index in [4.69, 9.17) is 0 Å². The van der Waals surface area contributed by atoms with Crippen molar-refractivity contribution in [2.24, 2.45) is 0 Å². The summed E-state index contributed by atoms with van der Waals surface area (Å²) in [6, 6.07) is 8.52. The molecule has 1 amide bonds. The third kappa shape index (κ3) is 6.30. The van der Waals surface area contributed by atoms with E-state index in [9.17, 15) is 32.9 Å². The van der Waals surface area contributed by atoms with Gasteiger partial charge in [-0.15, -0.1) is 0 Å². The second kappa shape index (κ2) is 9.18. The lowest BCUT2D eigenvalue weighted by Crippen LogP contribution is -2.43. The van der Waals surface area contributed by atoms with Crippen LogP contribution in [0.5, 0.6) is 0 Å². The Kier molecular flexibility index (Phi) is 6.92. The first kappa shape index (κ1) is 21.9. The molecule has 0 aliphatic carbocycles. The Hall–Kier alpha value is -3.43. The van der Waals surface area contributed by atoms with Gasteiger partial charge in [0.1, 0.15) is 6.04 Å². The van der Waals surface area contributed by atoms with Crippen LogP contribution >= 0.6 is 0 Å². The van der Waals surface area contributed by atoms with Crippen molar-refractivity contribution in [2.45, 2.75) is 25.1 Å². The molecule has 0 aliphatic heterocycles. The normalized spacial score (nSPS) is 12.1. The van der Waals surface area contributed by atoms with Crippen LogP contribution < -0.4 is 5.32 Å². The molecule has 0 fully saturated rings. The van der Waals surface area contributed by atoms with E-state index < -0.39 is 34.6 Å². The minimum Gasteiger partial charge on any atom is -0.467 e. The number of nitro groups is 1. The molecule has 7 nitrogen and oxygen atoms in total. The minimum absolute atomic E-state index is 0.0312. The molecular weight excluding hydrogens is 393 g/mol. The lowest BCUT2D eigenvalue weighted by Gasteiger charge is -2.17. The molecule has 29 heavy (non-hydrogen) atoms. The molecule has 0 saturated heterocycles. The summed E-state index contributed by atoms with van der Waals surface area (Å²) < 4.78 is 42.4. The van der Waals surface area contributed by atoms with Crippen molar-refractivity contribution in [3.8, 4) is 0 Å². The Morgan fingerprint density at radius 1 is 1.07 bits per heavy atom. The molecule has 0 unspecified atom stereocenters. The van der Waals surface area contributed by atoms with Gasteiger partial charge in [0.15, 0.2) is 0 Å². The van der Waals surface area contributed by atoms with Crippen molar-refractivity contribution in [1.29, 1.82) is 0 Å². The van der Waals surface area contributed by atoms with Gasteiger partial charge in [0.25, 0.3) is 5.69 Å². The highest BCUT2D eigenvalue weighted by Gasteiger charge is 2.30. The van der Waals surface area contributed by atoms with Crippen molar-refractivity contribution in [3.63, 3.8) is 0 Å². The number of alkyl halides is 3. The highest BCUT2D eigenvalue weighted by atomic mass is 19.4. The summed E-state index contributed by atoms with van der Waals surface area (Å²) in [5, 5.41) is 13.2. The number of amides is 1. The molecule has 0 saturated carbocycles. The second-order valence-corrected chi connectivity index (χ2v) is 6.14. The first-order valence-electron chi connectivity index (χ1n) is 8.37. The number of benzene rings is 2. The largest absolute Gasteiger partial charge is 0.467 e. The van der Waals surface area contributed by atoms with Crippen molar-refractivity contribution < 1.29 is 32.4 Å². The summed E-state index contributed by atoms with van der Waals surface area (Å²) in [5.74, 6) is -1.30. The predicted molar refractivity (Wildman–Crippen MR) is 95.9 cm³/mol. The van der Waals surface area contributed by atoms with Gasteiger partial charge >= 0.3 is 12.1 Å². The number of hydrogen-bond donors (Lipinski definition) is 1. The van der Waals surface area contributed by atoms with E-state index in [1.54, 1.807) is 0 Å². The molecule has 0 spiro atoms. The van der Waals surface area contributed by atoms with Crippen LogP contribution in [0.3, 0.4) is 0 Å². The van der Waals surface area contributed by atoms with Crippen LogP contribution in [0, 0.1) is 10.1 Å². The van der Waals surface area contributed by atoms with Gasteiger partial charge in [-0.2, -0.15) is 13.2 Å². The number of halogens is 3. The maximum absolute atomic E-state index is 12.6. The summed E-state index contributed by atoms with van der Waals surface area (Å²) >= 11 is 0. The van der Waals surface area contributed by atoms with Crippen LogP contribution in [0.2, 0.25) is 0 Å². The summed E-state index contributed by atoms with van der Waals surface area (Å²) in [6.45, 7) is 0. The highest BCUT2D eigenvalue weighted by molar-refractivity contribution is 5.85. The van der Waals surface area contributed by atoms with E-state index in [2.05, 4.69) is 10.1 Å². The number of hydrogen-bond acceptors (Lipinski definition) is 5. The van der Waals surface area contributed by atoms with Gasteiger partial charge in [-0.25, -0.2) is 4.79 Å². The zero-order chi connectivity index (χ0) is 21.6. The average Bonchev–Trinajstić information content (AvgIpc) is 2.67. The SMILES string of the molecule is COC(=O)[C@H](Cc1ccc([N+](=O)[O-])cc1)NC(=O)Cc1ccc(C(F)(F)F)cc1. The molecule has 0 radical (unpaired) electrons. The molecule has 2 aromatic rings. The first-order chi connectivity index (χ1) is 13.6. The Bertz CT molecular complexity index is 880. The van der Waals surface area contributed by atoms with Crippen LogP contribution in [-0.2, 0) is 33.3 Å². The van der Waals surface area contributed by atoms with Gasteiger partial charge in [-0.3, -0.25) is 14.9 Å². The van der Waals surface area contributed by atoms with Gasteiger partial charge in [0, 0.05) is 18.6 Å². The van der Waals surface area contributed by atoms with Gasteiger partial charge in [0.2, 0.25) is 5.91 Å². The summed E-state index contributed by atoms with van der Waals surface area (Å²) in [4.78, 5) is 34.3. The Morgan fingerprint density at radius 3 is 2.10 bits per heavy atom. The van der Waals surface area contributed by atoms with Crippen molar-refractivity contribution in [2.75, 3.05) is 7.11 Å². The van der Waals surface area contributed by atoms with E-state index in [1.165, 1.54) is 36.4 Å². The number of nitrogens with zero attached hydrogens (tertiary/aromatic N) is 1. The number of nitro benzene ring substituents is 1. The molecular formula is C19H17F3N2O5. The minimum atomic E-state index is -4.47. The standard InChI is InChI=1S/C19H17F3N2O5/c1-29-18(26)16(10-12-4-8-15(9-5-12)24(27)28)23-17(25)11-13-2-6-14(7-3-13)19(20,21)22/h2-9,16H,10-11H2,1H3,(H,23,25)/t16-/m0/s1. The summed E-state index contributed by atoms with van der Waals surface area (Å²) in [6.07, 6.45) is -4.67. The molecule has 1 N–H and O–H groups in total. The van der Waals surface area contributed by atoms with Gasteiger partial charge in [-0.1, -0.05) is 24.3 Å². The third-order valence-electron chi connectivity index (χ3n) is 4.05. The van der Waals surface area contributed by atoms with Crippen molar-refractivity contribution in [3.05, 3.63) is 75.3 Å². The quantitative estimate of drug-likeness (QED) is 0.430. The lowest BCUT2D eigenvalue weighted by molar-refractivity contribution is -0.384. The van der Waals surface area contributed by atoms with Crippen molar-refractivity contribution >= 4 is 17.6 Å². The fourth-order valence-electron chi connectivity index (χ4n) is 2.57. The topological polar surface area (TPSA) is 98.5 Å². The number of methoxy groups -OCH3 is 1. The smallest absolute Gasteiger partial charge is 0.416 e. The molecule has 154 valence electrons. The lowest BCUT2D eigenvalue weighted by atomic mass is 10.0. The number of non-ortho nitro benzene ring substituents is 1. The molecule has 2 rings (SSSR count). The molecule has 0 heterocycles. The van der Waals surface area contributed by atoms with E-state index in [0.717, 1.165) is 19.2 Å². The number of carbonyl (C=O) groups is 2. The van der Waals surface area contributed by atoms with E-state index in [0.29, 0.717) is 11.1 Å². The molecule has 2 aromatic carbocycles. The van der Waals surface area contributed by atoms with Gasteiger partial charge in [0.05, 0.1) is 24.0 Å². The highest BCUT2D eigenvalue weighted by Crippen LogP contribution is 2.29. The van der Waals surface area contributed by atoms with E-state index >= 15 is 0 Å². The van der Waals surface area contributed by atoms with Crippen LogP contribution in [-0.4, -0.2) is 30.0 Å². The second-order valence-electron chi connectivity index (χ2n) is 6.14. The van der Waals surface area contributed by atoms with Crippen LogP contribution in [0.4, 0.5) is 18.9 Å². The Morgan fingerprint density at radius 2 is 1.62 bits per heavy atom. The monoisotopic (exact) mass is 410 g/mol. The van der Waals surface area contributed by atoms with Crippen LogP contribution in [0.15, 0.2) is 48.5 Å². The molecule has 0 aromatic heterocycles. The van der Waals surface area contributed by atoms with Gasteiger partial charge < -0.3 is 10.1 Å².